The van der Waals surface area contributed by atoms with E-state index in [0.29, 0.717) is 11.1 Å². The molecule has 0 bridgehead atoms. The van der Waals surface area contributed by atoms with Crippen molar-refractivity contribution >= 4 is 55.7 Å². The number of carbonyl (C=O) groups is 2. The number of hydrogen-bond donors (Lipinski definition) is 0. The molecule has 2 rings (SSSR count). The summed E-state index contributed by atoms with van der Waals surface area (Å²) in [6.07, 6.45) is 0. The average molecular weight is 639 g/mol. The van der Waals surface area contributed by atoms with Crippen LogP contribution in [0.15, 0.2) is 36.4 Å². The van der Waals surface area contributed by atoms with Crippen molar-refractivity contribution in [3.8, 4) is 11.5 Å². The van der Waals surface area contributed by atoms with E-state index in [4.69, 9.17) is 9.47 Å². The third kappa shape index (κ3) is 9.60. The van der Waals surface area contributed by atoms with Gasteiger partial charge in [0.15, 0.2) is 34.7 Å². The Morgan fingerprint density at radius 1 is 0.929 bits per heavy atom. The van der Waals surface area contributed by atoms with E-state index < -0.39 is 11.6 Å². The summed E-state index contributed by atoms with van der Waals surface area (Å²) in [7, 11) is 2.73. The Bertz CT molecular complexity index is 791. The van der Waals surface area contributed by atoms with Crippen LogP contribution in [-0.4, -0.2) is 31.1 Å². The second-order valence-corrected chi connectivity index (χ2v) is 10.2. The molecule has 0 N–H and O–H groups in total. The van der Waals surface area contributed by atoms with Crippen molar-refractivity contribution in [1.29, 1.82) is 0 Å². The van der Waals surface area contributed by atoms with Crippen LogP contribution >= 0.6 is 44.2 Å². The van der Waals surface area contributed by atoms with Gasteiger partial charge in [-0.05, 0) is 43.3 Å². The van der Waals surface area contributed by atoms with E-state index in [9.17, 15) is 18.4 Å². The minimum absolute atomic E-state index is 0.0896. The predicted octanol–water partition coefficient (Wildman–Crippen LogP) is 6.14. The van der Waals surface area contributed by atoms with Crippen LogP contribution in [0.5, 0.6) is 11.5 Å². The molecule has 28 heavy (non-hydrogen) atoms. The fourth-order valence-corrected chi connectivity index (χ4v) is 2.11. The molecule has 2 aromatic carbocycles. The van der Waals surface area contributed by atoms with Gasteiger partial charge in [0.1, 0.15) is 0 Å². The first-order valence-electron chi connectivity index (χ1n) is 7.34. The average Bonchev–Trinajstić information content (AvgIpc) is 2.69. The molecule has 4 nitrogen and oxygen atoms in total. The third-order valence-electron chi connectivity index (χ3n) is 3.15. The number of alkyl halides is 1. The Morgan fingerprint density at radius 2 is 1.32 bits per heavy atom. The van der Waals surface area contributed by atoms with Gasteiger partial charge >= 0.3 is 39.6 Å². The van der Waals surface area contributed by atoms with Gasteiger partial charge in [0, 0.05) is 11.1 Å². The van der Waals surface area contributed by atoms with Crippen LogP contribution in [0.4, 0.5) is 8.78 Å². The molecule has 10 heteroatoms. The molecule has 0 aliphatic carbocycles. The van der Waals surface area contributed by atoms with Crippen molar-refractivity contribution in [1.82, 2.24) is 0 Å². The summed E-state index contributed by atoms with van der Waals surface area (Å²) in [5.74, 6) is -0.933. The number of benzene rings is 2. The van der Waals surface area contributed by atoms with Crippen LogP contribution in [0.1, 0.15) is 27.6 Å². The van der Waals surface area contributed by atoms with E-state index >= 15 is 0 Å². The van der Waals surface area contributed by atoms with Gasteiger partial charge in [0.05, 0.1) is 19.5 Å². The van der Waals surface area contributed by atoms with Crippen LogP contribution in [0.2, 0.25) is 0 Å². The first-order valence-corrected chi connectivity index (χ1v) is 13.1. The van der Waals surface area contributed by atoms with Gasteiger partial charge in [-0.1, -0.05) is 15.9 Å². The van der Waals surface area contributed by atoms with Gasteiger partial charge in [-0.3, -0.25) is 9.59 Å². The molecule has 0 saturated carbocycles. The molecular weight excluding hydrogens is 621 g/mol. The first kappa shape index (κ1) is 27.2. The molecule has 0 saturated heterocycles. The fourth-order valence-electron chi connectivity index (χ4n) is 1.79. The summed E-state index contributed by atoms with van der Waals surface area (Å²) < 4.78 is 35.1. The van der Waals surface area contributed by atoms with E-state index in [2.05, 4.69) is 44.2 Å². The first-order chi connectivity index (χ1) is 13.2. The molecule has 0 atom stereocenters. The number of rotatable bonds is 5. The predicted molar refractivity (Wildman–Crippen MR) is 112 cm³/mol. The maximum absolute atomic E-state index is 12.9. The maximum atomic E-state index is 12.9. The van der Waals surface area contributed by atoms with Crippen molar-refractivity contribution in [3.05, 3.63) is 59.2 Å². The molecule has 2 aromatic rings. The van der Waals surface area contributed by atoms with Crippen LogP contribution in [0.3, 0.4) is 0 Å². The summed E-state index contributed by atoms with van der Waals surface area (Å²) in [6, 6.07) is 8.07. The number of carbonyl (C=O) groups excluding carboxylic acids is 2. The van der Waals surface area contributed by atoms with Crippen LogP contribution in [0, 0.1) is 11.6 Å². The topological polar surface area (TPSA) is 52.6 Å². The van der Waals surface area contributed by atoms with Gasteiger partial charge in [-0.25, -0.2) is 8.78 Å². The third-order valence-corrected chi connectivity index (χ3v) is 3.66. The molecule has 0 fully saturated rings. The SMILES string of the molecule is COc1cc(C(=O)CBr)ccc1F.COc1cc(C(C)=O)ccc1F.[Br][Cu][Br]. The van der Waals surface area contributed by atoms with E-state index in [-0.39, 0.29) is 28.4 Å². The summed E-state index contributed by atoms with van der Waals surface area (Å²) in [5, 5.41) is 0.224. The molecule has 0 heterocycles. The Morgan fingerprint density at radius 3 is 1.68 bits per heavy atom. The fraction of sp³-hybridized carbons (Fsp3) is 0.222. The van der Waals surface area contributed by atoms with Gasteiger partial charge in [0.25, 0.3) is 0 Å². The zero-order chi connectivity index (χ0) is 21.7. The molecule has 0 aromatic heterocycles. The molecule has 0 aliphatic heterocycles. The summed E-state index contributed by atoms with van der Waals surface area (Å²) in [6.45, 7) is 1.42. The van der Waals surface area contributed by atoms with Crippen molar-refractivity contribution in [2.45, 2.75) is 6.92 Å². The summed E-state index contributed by atoms with van der Waals surface area (Å²) in [4.78, 5) is 22.0. The normalized spacial score (nSPS) is 9.43. The number of hydrogen-bond acceptors (Lipinski definition) is 4. The zero-order valence-corrected chi connectivity index (χ0v) is 20.7. The van der Waals surface area contributed by atoms with Crippen molar-refractivity contribution in [2.24, 2.45) is 0 Å². The van der Waals surface area contributed by atoms with Crippen LogP contribution in [0.25, 0.3) is 0 Å². The number of Topliss-reactive ketones (excluding diaryl/α,β-unsaturated/α-hetero) is 2. The second-order valence-electron chi connectivity index (χ2n) is 4.85. The van der Waals surface area contributed by atoms with Gasteiger partial charge < -0.3 is 9.47 Å². The number of halogens is 5. The molecule has 159 valence electrons. The molecule has 0 amide bonds. The summed E-state index contributed by atoms with van der Waals surface area (Å²) in [5.41, 5.74) is 0.892. The van der Waals surface area contributed by atoms with E-state index in [1.54, 1.807) is 0 Å². The standard InChI is InChI=1S/C9H8BrFO2.C9H9FO2.2BrH.Cu/c1-13-9-4-6(8(12)5-10)2-3-7(9)11;1-6(11)7-3-4-8(10)9(5-7)12-2;;;/h2-4H,5H2,1H3;3-5H,1-2H3;2*1H;/q;;;;+2/p-2. The van der Waals surface area contributed by atoms with Gasteiger partial charge in [0.2, 0.25) is 0 Å². The summed E-state index contributed by atoms with van der Waals surface area (Å²) >= 11 is 10.4. The van der Waals surface area contributed by atoms with E-state index in [1.165, 1.54) is 68.9 Å². The van der Waals surface area contributed by atoms with E-state index in [0.717, 1.165) is 0 Å². The molecule has 0 spiro atoms. The van der Waals surface area contributed by atoms with Crippen molar-refractivity contribution < 1.29 is 39.2 Å². The monoisotopic (exact) mass is 635 g/mol. The Hall–Kier alpha value is -0.801. The van der Waals surface area contributed by atoms with Crippen molar-refractivity contribution in [2.75, 3.05) is 19.5 Å². The Balaban J connectivity index is 0.000000458. The zero-order valence-electron chi connectivity index (χ0n) is 15.0. The molecule has 0 radical (unpaired) electrons. The number of ketones is 2. The van der Waals surface area contributed by atoms with Gasteiger partial charge in [-0.2, -0.15) is 0 Å². The number of ether oxygens (including phenoxy) is 2. The second kappa shape index (κ2) is 15.1. The Kier molecular flexibility index (Phi) is 14.7. The van der Waals surface area contributed by atoms with Crippen LogP contribution < -0.4 is 9.47 Å². The molecule has 0 unspecified atom stereocenters. The number of methoxy groups -OCH3 is 2. The van der Waals surface area contributed by atoms with Crippen LogP contribution in [-0.2, 0) is 11.3 Å². The van der Waals surface area contributed by atoms with E-state index in [1.807, 2.05) is 0 Å². The Labute approximate surface area is 191 Å². The minimum atomic E-state index is -0.464. The molecule has 0 aliphatic rings. The molecular formula is C18H17Br3CuF2O4. The van der Waals surface area contributed by atoms with Crippen molar-refractivity contribution in [3.63, 3.8) is 0 Å². The quantitative estimate of drug-likeness (QED) is 0.225. The van der Waals surface area contributed by atoms with Gasteiger partial charge in [-0.15, -0.1) is 0 Å².